The predicted molar refractivity (Wildman–Crippen MR) is 159 cm³/mol. The van der Waals surface area contributed by atoms with Crippen LogP contribution in [0.3, 0.4) is 0 Å². The molecule has 4 rings (SSSR count). The van der Waals surface area contributed by atoms with E-state index >= 15 is 0 Å². The standard InChI is InChI=1S/C32H37N5O3/c1-23(2)24-14-16-27(17-15-24)37-21-29(25-10-7-6-8-11-25)33-32(37)34-30(38)22-36(19-18-35(3)4)31(39)26-12-9-13-28(20-26)40-5/h6-17,20-21,23H,18-19,22H2,1-5H3,(H,33,34,38). The number of ether oxygens (including phenoxy) is 1. The van der Waals surface area contributed by atoms with E-state index in [0.29, 0.717) is 36.3 Å². The Hall–Kier alpha value is -4.43. The number of carbonyl (C=O) groups excluding carboxylic acids is 2. The SMILES string of the molecule is COc1cccc(C(=O)N(CCN(C)C)CC(=O)Nc2nc(-c3ccccc3)cn2-c2ccc(C(C)C)cc2)c1. The van der Waals surface area contributed by atoms with E-state index in [-0.39, 0.29) is 18.4 Å². The predicted octanol–water partition coefficient (Wildman–Crippen LogP) is 5.31. The summed E-state index contributed by atoms with van der Waals surface area (Å²) in [6.45, 7) is 5.18. The van der Waals surface area contributed by atoms with Gasteiger partial charge in [0.2, 0.25) is 11.9 Å². The Labute approximate surface area is 236 Å². The Morgan fingerprint density at radius 3 is 2.33 bits per heavy atom. The molecule has 8 heteroatoms. The number of methoxy groups -OCH3 is 1. The van der Waals surface area contributed by atoms with Gasteiger partial charge in [0, 0.05) is 36.1 Å². The second-order valence-corrected chi connectivity index (χ2v) is 10.2. The number of aromatic nitrogens is 2. The van der Waals surface area contributed by atoms with E-state index in [1.165, 1.54) is 5.56 Å². The molecule has 8 nitrogen and oxygen atoms in total. The highest BCUT2D eigenvalue weighted by atomic mass is 16.5. The number of nitrogens with zero attached hydrogens (tertiary/aromatic N) is 4. The minimum absolute atomic E-state index is 0.121. The van der Waals surface area contributed by atoms with Crippen LogP contribution >= 0.6 is 0 Å². The molecule has 208 valence electrons. The first-order valence-corrected chi connectivity index (χ1v) is 13.4. The van der Waals surface area contributed by atoms with Gasteiger partial charge in [0.1, 0.15) is 12.3 Å². The smallest absolute Gasteiger partial charge is 0.254 e. The van der Waals surface area contributed by atoms with Gasteiger partial charge in [-0.2, -0.15) is 0 Å². The minimum atomic E-state index is -0.333. The average Bonchev–Trinajstić information content (AvgIpc) is 3.38. The molecule has 1 heterocycles. The van der Waals surface area contributed by atoms with E-state index in [1.54, 1.807) is 36.3 Å². The van der Waals surface area contributed by atoms with Gasteiger partial charge in [-0.1, -0.05) is 62.4 Å². The number of likely N-dealkylation sites (N-methyl/N-ethyl adjacent to an activating group) is 1. The van der Waals surface area contributed by atoms with Gasteiger partial charge in [0.25, 0.3) is 5.91 Å². The summed E-state index contributed by atoms with van der Waals surface area (Å²) in [5, 5.41) is 2.96. The van der Waals surface area contributed by atoms with Gasteiger partial charge < -0.3 is 14.5 Å². The maximum atomic E-state index is 13.4. The molecule has 0 spiro atoms. The first-order chi connectivity index (χ1) is 19.2. The number of amides is 2. The number of hydrogen-bond acceptors (Lipinski definition) is 5. The highest BCUT2D eigenvalue weighted by Gasteiger charge is 2.21. The van der Waals surface area contributed by atoms with Gasteiger partial charge in [-0.05, 0) is 55.9 Å². The Kier molecular flexibility index (Phi) is 9.35. The molecule has 1 aromatic heterocycles. The molecule has 0 aliphatic heterocycles. The number of anilines is 1. The van der Waals surface area contributed by atoms with Crippen LogP contribution in [0, 0.1) is 0 Å². The topological polar surface area (TPSA) is 79.7 Å². The van der Waals surface area contributed by atoms with Crippen LogP contribution in [0.2, 0.25) is 0 Å². The van der Waals surface area contributed by atoms with Crippen LogP contribution in [0.15, 0.2) is 85.1 Å². The van der Waals surface area contributed by atoms with Crippen molar-refractivity contribution in [1.82, 2.24) is 19.4 Å². The molecule has 0 radical (unpaired) electrons. The zero-order chi connectivity index (χ0) is 28.6. The molecule has 0 fully saturated rings. The molecular weight excluding hydrogens is 502 g/mol. The van der Waals surface area contributed by atoms with Gasteiger partial charge >= 0.3 is 0 Å². The summed E-state index contributed by atoms with van der Waals surface area (Å²) in [4.78, 5) is 35.1. The molecule has 0 unspecified atom stereocenters. The highest BCUT2D eigenvalue weighted by molar-refractivity contribution is 5.99. The zero-order valence-corrected chi connectivity index (χ0v) is 23.8. The summed E-state index contributed by atoms with van der Waals surface area (Å²) in [5.74, 6) is 0.810. The lowest BCUT2D eigenvalue weighted by Crippen LogP contribution is -2.41. The van der Waals surface area contributed by atoms with Crippen molar-refractivity contribution in [3.63, 3.8) is 0 Å². The summed E-state index contributed by atoms with van der Waals surface area (Å²) < 4.78 is 7.16. The van der Waals surface area contributed by atoms with Crippen LogP contribution in [0.5, 0.6) is 5.75 Å². The Balaban J connectivity index is 1.61. The second kappa shape index (κ2) is 13.1. The third-order valence-electron chi connectivity index (χ3n) is 6.62. The molecule has 2 amide bonds. The lowest BCUT2D eigenvalue weighted by atomic mass is 10.0. The van der Waals surface area contributed by atoms with Crippen molar-refractivity contribution in [3.05, 3.63) is 96.2 Å². The maximum absolute atomic E-state index is 13.4. The highest BCUT2D eigenvalue weighted by Crippen LogP contribution is 2.25. The van der Waals surface area contributed by atoms with Crippen LogP contribution < -0.4 is 10.1 Å². The van der Waals surface area contributed by atoms with Crippen molar-refractivity contribution in [3.8, 4) is 22.7 Å². The summed E-state index contributed by atoms with van der Waals surface area (Å²) in [6.07, 6.45) is 1.92. The fraction of sp³-hybridized carbons (Fsp3) is 0.281. The third kappa shape index (κ3) is 7.15. The monoisotopic (exact) mass is 539 g/mol. The summed E-state index contributed by atoms with van der Waals surface area (Å²) >= 11 is 0. The summed E-state index contributed by atoms with van der Waals surface area (Å²) in [7, 11) is 5.42. The van der Waals surface area contributed by atoms with Crippen molar-refractivity contribution in [1.29, 1.82) is 0 Å². The van der Waals surface area contributed by atoms with E-state index in [2.05, 4.69) is 31.3 Å². The largest absolute Gasteiger partial charge is 0.497 e. The third-order valence-corrected chi connectivity index (χ3v) is 6.62. The van der Waals surface area contributed by atoms with Gasteiger partial charge in [-0.15, -0.1) is 0 Å². The van der Waals surface area contributed by atoms with Crippen LogP contribution in [0.1, 0.15) is 35.7 Å². The van der Waals surface area contributed by atoms with Crippen molar-refractivity contribution in [2.75, 3.05) is 46.2 Å². The number of hydrogen-bond donors (Lipinski definition) is 1. The van der Waals surface area contributed by atoms with E-state index in [9.17, 15) is 9.59 Å². The molecule has 0 aliphatic rings. The Morgan fingerprint density at radius 2 is 1.68 bits per heavy atom. The second-order valence-electron chi connectivity index (χ2n) is 10.2. The number of carbonyl (C=O) groups is 2. The normalized spacial score (nSPS) is 11.1. The number of benzene rings is 3. The quantitative estimate of drug-likeness (QED) is 0.279. The van der Waals surface area contributed by atoms with Gasteiger partial charge in [-0.25, -0.2) is 4.98 Å². The first kappa shape index (κ1) is 28.6. The molecule has 0 bridgehead atoms. The molecule has 40 heavy (non-hydrogen) atoms. The lowest BCUT2D eigenvalue weighted by molar-refractivity contribution is -0.117. The maximum Gasteiger partial charge on any atom is 0.254 e. The molecule has 1 N–H and O–H groups in total. The van der Waals surface area contributed by atoms with Crippen LogP contribution in [0.4, 0.5) is 5.95 Å². The van der Waals surface area contributed by atoms with E-state index in [1.807, 2.05) is 72.2 Å². The van der Waals surface area contributed by atoms with Crippen molar-refractivity contribution >= 4 is 17.8 Å². The van der Waals surface area contributed by atoms with Gasteiger partial charge in [-0.3, -0.25) is 19.5 Å². The van der Waals surface area contributed by atoms with Crippen molar-refractivity contribution < 1.29 is 14.3 Å². The van der Waals surface area contributed by atoms with Gasteiger partial charge in [0.05, 0.1) is 12.8 Å². The lowest BCUT2D eigenvalue weighted by Gasteiger charge is -2.24. The number of nitrogens with one attached hydrogen (secondary N) is 1. The van der Waals surface area contributed by atoms with Crippen LogP contribution in [-0.4, -0.2) is 72.0 Å². The summed E-state index contributed by atoms with van der Waals surface area (Å²) in [5.41, 5.74) is 4.25. The zero-order valence-electron chi connectivity index (χ0n) is 23.8. The minimum Gasteiger partial charge on any atom is -0.497 e. The molecule has 3 aromatic carbocycles. The van der Waals surface area contributed by atoms with E-state index in [0.717, 1.165) is 16.9 Å². The fourth-order valence-electron chi connectivity index (χ4n) is 4.28. The Morgan fingerprint density at radius 1 is 0.950 bits per heavy atom. The molecule has 0 saturated heterocycles. The molecule has 0 saturated carbocycles. The van der Waals surface area contributed by atoms with Crippen molar-refractivity contribution in [2.45, 2.75) is 19.8 Å². The van der Waals surface area contributed by atoms with Gasteiger partial charge in [0.15, 0.2) is 0 Å². The molecular formula is C32H37N5O3. The van der Waals surface area contributed by atoms with E-state index in [4.69, 9.17) is 9.72 Å². The Bertz CT molecular complexity index is 1430. The van der Waals surface area contributed by atoms with Crippen LogP contribution in [-0.2, 0) is 4.79 Å². The first-order valence-electron chi connectivity index (χ1n) is 13.4. The van der Waals surface area contributed by atoms with Crippen LogP contribution in [0.25, 0.3) is 16.9 Å². The molecule has 0 atom stereocenters. The molecule has 4 aromatic rings. The average molecular weight is 540 g/mol. The fourth-order valence-corrected chi connectivity index (χ4v) is 4.28. The van der Waals surface area contributed by atoms with Crippen molar-refractivity contribution in [2.24, 2.45) is 0 Å². The number of rotatable bonds is 11. The number of imidazole rings is 1. The van der Waals surface area contributed by atoms with E-state index < -0.39 is 0 Å². The summed E-state index contributed by atoms with van der Waals surface area (Å²) in [6, 6.07) is 25.0. The molecule has 0 aliphatic carbocycles.